The van der Waals surface area contributed by atoms with E-state index in [2.05, 4.69) is 25.5 Å². The molecule has 2 aromatic rings. The molecule has 2 atom stereocenters. The van der Waals surface area contributed by atoms with Crippen molar-refractivity contribution in [3.8, 4) is 0 Å². The average Bonchev–Trinajstić information content (AvgIpc) is 3.28. The highest BCUT2D eigenvalue weighted by atomic mass is 32.1. The van der Waals surface area contributed by atoms with Gasteiger partial charge in [0.25, 0.3) is 0 Å². The number of nitrogens with zero attached hydrogens (tertiary/aromatic N) is 4. The highest BCUT2D eigenvalue weighted by Crippen LogP contribution is 2.37. The van der Waals surface area contributed by atoms with Crippen molar-refractivity contribution in [2.75, 3.05) is 24.6 Å². The van der Waals surface area contributed by atoms with Crippen LogP contribution >= 0.6 is 11.3 Å². The quantitative estimate of drug-likeness (QED) is 0.848. The van der Waals surface area contributed by atoms with Crippen molar-refractivity contribution in [1.29, 1.82) is 0 Å². The van der Waals surface area contributed by atoms with Crippen LogP contribution in [0.5, 0.6) is 0 Å². The fourth-order valence-electron chi connectivity index (χ4n) is 3.47. The first-order valence-corrected chi connectivity index (χ1v) is 9.22. The zero-order valence-electron chi connectivity index (χ0n) is 14.1. The van der Waals surface area contributed by atoms with Gasteiger partial charge in [0.2, 0.25) is 0 Å². The number of hydrogen-bond acceptors (Lipinski definition) is 7. The Kier molecular flexibility index (Phi) is 4.24. The van der Waals surface area contributed by atoms with Crippen LogP contribution in [0.4, 0.5) is 5.82 Å². The molecule has 0 saturated carbocycles. The lowest BCUT2D eigenvalue weighted by molar-refractivity contribution is 0.00536. The first-order chi connectivity index (χ1) is 11.6. The number of rotatable bonds is 4. The van der Waals surface area contributed by atoms with Gasteiger partial charge in [0.1, 0.15) is 0 Å². The molecule has 0 N–H and O–H groups in total. The maximum Gasteiger partial charge on any atom is 0.151 e. The third-order valence-electron chi connectivity index (χ3n) is 4.73. The van der Waals surface area contributed by atoms with E-state index in [1.807, 2.05) is 26.0 Å². The molecule has 2 aliphatic heterocycles. The summed E-state index contributed by atoms with van der Waals surface area (Å²) in [4.78, 5) is 6.71. The van der Waals surface area contributed by atoms with Crippen LogP contribution in [0.1, 0.15) is 29.2 Å². The van der Waals surface area contributed by atoms with Crippen molar-refractivity contribution in [2.45, 2.75) is 45.0 Å². The number of hydrogen-bond donors (Lipinski definition) is 0. The van der Waals surface area contributed by atoms with Crippen molar-refractivity contribution >= 4 is 17.2 Å². The van der Waals surface area contributed by atoms with E-state index in [9.17, 15) is 0 Å². The largest absolute Gasteiger partial charge is 0.370 e. The van der Waals surface area contributed by atoms with Crippen molar-refractivity contribution in [3.05, 3.63) is 33.9 Å². The summed E-state index contributed by atoms with van der Waals surface area (Å²) in [6.45, 7) is 7.02. The molecule has 0 bridgehead atoms. The predicted octanol–water partition coefficient (Wildman–Crippen LogP) is 2.50. The zero-order chi connectivity index (χ0) is 16.6. The highest BCUT2D eigenvalue weighted by molar-refractivity contribution is 7.09. The minimum Gasteiger partial charge on any atom is -0.370 e. The number of thiazole rings is 1. The fourth-order valence-corrected chi connectivity index (χ4v) is 4.07. The van der Waals surface area contributed by atoms with Crippen LogP contribution in [0.25, 0.3) is 0 Å². The van der Waals surface area contributed by atoms with E-state index in [-0.39, 0.29) is 11.7 Å². The first kappa shape index (κ1) is 15.9. The second kappa shape index (κ2) is 6.38. The van der Waals surface area contributed by atoms with Crippen molar-refractivity contribution in [2.24, 2.45) is 0 Å². The third kappa shape index (κ3) is 3.29. The number of aryl methyl sites for hydroxylation is 2. The predicted molar refractivity (Wildman–Crippen MR) is 92.3 cm³/mol. The molecular weight excluding hydrogens is 324 g/mol. The van der Waals surface area contributed by atoms with Gasteiger partial charge in [-0.2, -0.15) is 5.10 Å². The maximum atomic E-state index is 6.15. The third-order valence-corrected chi connectivity index (χ3v) is 5.56. The van der Waals surface area contributed by atoms with Gasteiger partial charge in [0.05, 0.1) is 41.3 Å². The van der Waals surface area contributed by atoms with Crippen LogP contribution in [-0.4, -0.2) is 46.6 Å². The molecule has 1 spiro atoms. The van der Waals surface area contributed by atoms with E-state index in [1.54, 1.807) is 11.3 Å². The monoisotopic (exact) mass is 346 g/mol. The van der Waals surface area contributed by atoms with Gasteiger partial charge in [0, 0.05) is 24.9 Å². The SMILES string of the molecule is Cc1ccc(N2CCC3(CC(OCc4csc(C)n4)CO3)C2)nn1. The normalized spacial score (nSPS) is 26.6. The molecule has 128 valence electrons. The summed E-state index contributed by atoms with van der Waals surface area (Å²) in [5.41, 5.74) is 1.85. The molecule has 0 aromatic carbocycles. The molecule has 7 heteroatoms. The standard InChI is InChI=1S/C17H22N4O2S/c1-12-3-4-16(20-19-12)21-6-5-17(11-21)7-15(9-23-17)22-8-14-10-24-13(2)18-14/h3-4,10,15H,5-9,11H2,1-2H3. The lowest BCUT2D eigenvalue weighted by Gasteiger charge is -2.23. The first-order valence-electron chi connectivity index (χ1n) is 8.34. The van der Waals surface area contributed by atoms with E-state index in [0.29, 0.717) is 13.2 Å². The van der Waals surface area contributed by atoms with Crippen LogP contribution in [0.3, 0.4) is 0 Å². The topological polar surface area (TPSA) is 60.4 Å². The molecule has 24 heavy (non-hydrogen) atoms. The molecule has 0 amide bonds. The highest BCUT2D eigenvalue weighted by Gasteiger charge is 2.46. The molecule has 2 saturated heterocycles. The molecule has 2 aliphatic rings. The molecule has 4 heterocycles. The molecular formula is C17H22N4O2S. The summed E-state index contributed by atoms with van der Waals surface area (Å²) in [7, 11) is 0. The van der Waals surface area contributed by atoms with Gasteiger partial charge in [0.15, 0.2) is 5.82 Å². The van der Waals surface area contributed by atoms with Gasteiger partial charge >= 0.3 is 0 Å². The van der Waals surface area contributed by atoms with Gasteiger partial charge in [-0.25, -0.2) is 4.98 Å². The van der Waals surface area contributed by atoms with Gasteiger partial charge in [-0.05, 0) is 32.4 Å². The number of ether oxygens (including phenoxy) is 2. The second-order valence-corrected chi connectivity index (χ2v) is 7.76. The molecule has 2 aromatic heterocycles. The van der Waals surface area contributed by atoms with Gasteiger partial charge < -0.3 is 14.4 Å². The number of aromatic nitrogens is 3. The van der Waals surface area contributed by atoms with Gasteiger partial charge in [-0.3, -0.25) is 0 Å². The van der Waals surface area contributed by atoms with E-state index >= 15 is 0 Å². The molecule has 2 fully saturated rings. The Morgan fingerprint density at radius 1 is 1.38 bits per heavy atom. The summed E-state index contributed by atoms with van der Waals surface area (Å²) in [5.74, 6) is 0.934. The van der Waals surface area contributed by atoms with Crippen LogP contribution in [0, 0.1) is 13.8 Å². The Bertz CT molecular complexity index is 705. The van der Waals surface area contributed by atoms with Gasteiger partial charge in [-0.15, -0.1) is 16.4 Å². The summed E-state index contributed by atoms with van der Waals surface area (Å²) in [5, 5.41) is 11.6. The van der Waals surface area contributed by atoms with Crippen LogP contribution < -0.4 is 4.90 Å². The molecule has 4 rings (SSSR count). The van der Waals surface area contributed by atoms with Crippen molar-refractivity contribution < 1.29 is 9.47 Å². The van der Waals surface area contributed by atoms with Crippen LogP contribution in [0.2, 0.25) is 0 Å². The van der Waals surface area contributed by atoms with E-state index in [0.717, 1.165) is 48.1 Å². The number of anilines is 1. The Hall–Kier alpha value is -1.57. The average molecular weight is 346 g/mol. The summed E-state index contributed by atoms with van der Waals surface area (Å²) in [6, 6.07) is 4.04. The molecule has 0 radical (unpaired) electrons. The summed E-state index contributed by atoms with van der Waals surface area (Å²) >= 11 is 1.66. The van der Waals surface area contributed by atoms with Crippen molar-refractivity contribution in [1.82, 2.24) is 15.2 Å². The molecule has 2 unspecified atom stereocenters. The Balaban J connectivity index is 1.33. The smallest absolute Gasteiger partial charge is 0.151 e. The molecule has 0 aliphatic carbocycles. The van der Waals surface area contributed by atoms with E-state index in [4.69, 9.17) is 9.47 Å². The maximum absolute atomic E-state index is 6.15. The van der Waals surface area contributed by atoms with Crippen molar-refractivity contribution in [3.63, 3.8) is 0 Å². The Morgan fingerprint density at radius 3 is 3.04 bits per heavy atom. The van der Waals surface area contributed by atoms with Crippen LogP contribution in [0.15, 0.2) is 17.5 Å². The van der Waals surface area contributed by atoms with E-state index < -0.39 is 0 Å². The fraction of sp³-hybridized carbons (Fsp3) is 0.588. The zero-order valence-corrected chi connectivity index (χ0v) is 14.9. The lowest BCUT2D eigenvalue weighted by atomic mass is 9.98. The Morgan fingerprint density at radius 2 is 2.29 bits per heavy atom. The lowest BCUT2D eigenvalue weighted by Crippen LogP contribution is -2.33. The van der Waals surface area contributed by atoms with Gasteiger partial charge in [-0.1, -0.05) is 0 Å². The Labute approximate surface area is 145 Å². The summed E-state index contributed by atoms with van der Waals surface area (Å²) < 4.78 is 12.2. The second-order valence-electron chi connectivity index (χ2n) is 6.69. The van der Waals surface area contributed by atoms with Crippen LogP contribution in [-0.2, 0) is 16.1 Å². The minimum absolute atomic E-state index is 0.102. The molecule has 6 nitrogen and oxygen atoms in total. The summed E-state index contributed by atoms with van der Waals surface area (Å²) in [6.07, 6.45) is 2.10. The minimum atomic E-state index is -0.102. The van der Waals surface area contributed by atoms with E-state index in [1.165, 1.54) is 0 Å².